The minimum atomic E-state index is -0.653. The van der Waals surface area contributed by atoms with Gasteiger partial charge in [-0.15, -0.1) is 0 Å². The van der Waals surface area contributed by atoms with Gasteiger partial charge in [-0.25, -0.2) is 0 Å². The van der Waals surface area contributed by atoms with E-state index in [1.54, 1.807) is 23.0 Å². The summed E-state index contributed by atoms with van der Waals surface area (Å²) in [7, 11) is 1.87. The number of nitrogens with one attached hydrogen (secondary N) is 3. The molecule has 0 saturated carbocycles. The van der Waals surface area contributed by atoms with E-state index in [9.17, 15) is 9.59 Å². The average molecular weight is 285 g/mol. The maximum Gasteiger partial charge on any atom is 0.314 e. The van der Waals surface area contributed by atoms with Gasteiger partial charge in [0.05, 0.1) is 23.3 Å². The summed E-state index contributed by atoms with van der Waals surface area (Å²) in [6, 6.07) is 5.47. The topological polar surface area (TPSA) is 95.6 Å². The highest BCUT2D eigenvalue weighted by molar-refractivity contribution is 5.78. The normalized spacial score (nSPS) is 12.5. The molecule has 21 heavy (non-hydrogen) atoms. The van der Waals surface area contributed by atoms with Gasteiger partial charge in [0.1, 0.15) is 0 Å². The van der Waals surface area contributed by atoms with Gasteiger partial charge in [0.15, 0.2) is 0 Å². The molecule has 0 aliphatic rings. The van der Waals surface area contributed by atoms with Crippen molar-refractivity contribution in [1.29, 1.82) is 0 Å². The summed E-state index contributed by atoms with van der Waals surface area (Å²) < 4.78 is 1.75. The minimum absolute atomic E-state index is 0.0747. The number of fused-ring (bicyclic) bond motifs is 1. The molecule has 3 rings (SSSR count). The fraction of sp³-hybridized carbons (Fsp3) is 0.214. The molecule has 1 unspecified atom stereocenters. The first-order valence-electron chi connectivity index (χ1n) is 6.54. The van der Waals surface area contributed by atoms with E-state index in [2.05, 4.69) is 20.4 Å². The fourth-order valence-electron chi connectivity index (χ4n) is 2.20. The van der Waals surface area contributed by atoms with E-state index in [1.165, 1.54) is 0 Å². The highest BCUT2D eigenvalue weighted by atomic mass is 16.2. The van der Waals surface area contributed by atoms with Crippen molar-refractivity contribution in [2.24, 2.45) is 7.05 Å². The molecule has 7 heteroatoms. The van der Waals surface area contributed by atoms with E-state index < -0.39 is 11.1 Å². The van der Waals surface area contributed by atoms with Crippen molar-refractivity contribution in [3.05, 3.63) is 56.9 Å². The highest BCUT2D eigenvalue weighted by Gasteiger charge is 2.08. The molecule has 0 fully saturated rings. The fourth-order valence-corrected chi connectivity index (χ4v) is 2.20. The Morgan fingerprint density at radius 1 is 1.19 bits per heavy atom. The van der Waals surface area contributed by atoms with Crippen molar-refractivity contribution in [2.75, 3.05) is 5.32 Å². The smallest absolute Gasteiger partial charge is 0.314 e. The van der Waals surface area contributed by atoms with Crippen LogP contribution in [0, 0.1) is 0 Å². The van der Waals surface area contributed by atoms with Crippen LogP contribution in [0.2, 0.25) is 0 Å². The summed E-state index contributed by atoms with van der Waals surface area (Å²) in [5, 5.41) is 7.47. The quantitative estimate of drug-likeness (QED) is 0.628. The van der Waals surface area contributed by atoms with E-state index in [4.69, 9.17) is 0 Å². The minimum Gasteiger partial charge on any atom is -0.378 e. The number of aryl methyl sites for hydroxylation is 1. The Bertz CT molecular complexity index is 905. The Morgan fingerprint density at radius 2 is 1.90 bits per heavy atom. The third-order valence-electron chi connectivity index (χ3n) is 3.33. The van der Waals surface area contributed by atoms with Gasteiger partial charge < -0.3 is 15.3 Å². The molecular formula is C14H15N5O2. The van der Waals surface area contributed by atoms with E-state index in [1.807, 2.05) is 26.2 Å². The maximum atomic E-state index is 11.4. The van der Waals surface area contributed by atoms with Crippen LogP contribution in [0.25, 0.3) is 11.0 Å². The summed E-state index contributed by atoms with van der Waals surface area (Å²) in [6.07, 6.45) is 3.75. The van der Waals surface area contributed by atoms with Crippen LogP contribution in [0.5, 0.6) is 0 Å². The summed E-state index contributed by atoms with van der Waals surface area (Å²) in [6.45, 7) is 2.02. The lowest BCUT2D eigenvalue weighted by Crippen LogP contribution is -2.28. The lowest BCUT2D eigenvalue weighted by Gasteiger charge is -2.14. The van der Waals surface area contributed by atoms with Crippen molar-refractivity contribution < 1.29 is 0 Å². The average Bonchev–Trinajstić information content (AvgIpc) is 2.87. The molecule has 1 atom stereocenters. The Morgan fingerprint density at radius 3 is 2.57 bits per heavy atom. The largest absolute Gasteiger partial charge is 0.378 e. The Labute approximate surface area is 119 Å². The SMILES string of the molecule is CC(Nc1ccc2[nH]c(=O)c(=O)[nH]c2c1)c1cnn(C)c1. The first-order chi connectivity index (χ1) is 10.0. The molecule has 3 aromatic rings. The zero-order valence-electron chi connectivity index (χ0n) is 11.7. The van der Waals surface area contributed by atoms with Gasteiger partial charge >= 0.3 is 11.1 Å². The number of H-pyrrole nitrogens is 2. The Balaban J connectivity index is 1.92. The van der Waals surface area contributed by atoms with Crippen LogP contribution < -0.4 is 16.4 Å². The van der Waals surface area contributed by atoms with E-state index in [0.29, 0.717) is 11.0 Å². The molecule has 1 aromatic carbocycles. The number of hydrogen-bond donors (Lipinski definition) is 3. The van der Waals surface area contributed by atoms with Gasteiger partial charge in [0.2, 0.25) is 0 Å². The van der Waals surface area contributed by atoms with E-state index in [0.717, 1.165) is 11.3 Å². The lowest BCUT2D eigenvalue weighted by atomic mass is 10.1. The van der Waals surface area contributed by atoms with Crippen molar-refractivity contribution in [2.45, 2.75) is 13.0 Å². The zero-order valence-corrected chi connectivity index (χ0v) is 11.7. The first kappa shape index (κ1) is 13.2. The summed E-state index contributed by atoms with van der Waals surface area (Å²) in [4.78, 5) is 27.7. The maximum absolute atomic E-state index is 11.4. The number of anilines is 1. The van der Waals surface area contributed by atoms with Crippen LogP contribution in [0.15, 0.2) is 40.2 Å². The molecule has 2 aromatic heterocycles. The monoisotopic (exact) mass is 285 g/mol. The highest BCUT2D eigenvalue weighted by Crippen LogP contribution is 2.20. The van der Waals surface area contributed by atoms with Crippen LogP contribution in [0.3, 0.4) is 0 Å². The molecule has 0 spiro atoms. The second-order valence-corrected chi connectivity index (χ2v) is 4.98. The van der Waals surface area contributed by atoms with Crippen LogP contribution in [0.1, 0.15) is 18.5 Å². The lowest BCUT2D eigenvalue weighted by molar-refractivity contribution is 0.765. The third-order valence-corrected chi connectivity index (χ3v) is 3.33. The molecule has 0 saturated heterocycles. The Kier molecular flexibility index (Phi) is 3.09. The predicted octanol–water partition coefficient (Wildman–Crippen LogP) is 1.12. The number of aromatic nitrogens is 4. The van der Waals surface area contributed by atoms with Gasteiger partial charge in [-0.2, -0.15) is 5.10 Å². The van der Waals surface area contributed by atoms with Crippen LogP contribution in [0.4, 0.5) is 5.69 Å². The molecule has 0 aliphatic heterocycles. The molecular weight excluding hydrogens is 270 g/mol. The second kappa shape index (κ2) is 4.93. The zero-order chi connectivity index (χ0) is 15.0. The number of nitrogens with zero attached hydrogens (tertiary/aromatic N) is 2. The van der Waals surface area contributed by atoms with E-state index in [-0.39, 0.29) is 6.04 Å². The molecule has 0 bridgehead atoms. The van der Waals surface area contributed by atoms with Crippen molar-refractivity contribution in [3.63, 3.8) is 0 Å². The third kappa shape index (κ3) is 2.58. The molecule has 2 heterocycles. The molecule has 0 amide bonds. The van der Waals surface area contributed by atoms with Gasteiger partial charge in [-0.05, 0) is 25.1 Å². The van der Waals surface area contributed by atoms with Crippen LogP contribution in [-0.4, -0.2) is 19.7 Å². The number of aromatic amines is 2. The Hall–Kier alpha value is -2.83. The standard InChI is InChI=1S/C14H15N5O2/c1-8(9-6-15-19(2)7-9)16-10-3-4-11-12(5-10)18-14(21)13(20)17-11/h3-8,16H,1-2H3,(H,17,20)(H,18,21). The predicted molar refractivity (Wildman–Crippen MR) is 80.4 cm³/mol. The van der Waals surface area contributed by atoms with Crippen molar-refractivity contribution in [1.82, 2.24) is 19.7 Å². The van der Waals surface area contributed by atoms with Gasteiger partial charge in [0.25, 0.3) is 0 Å². The molecule has 0 radical (unpaired) electrons. The van der Waals surface area contributed by atoms with Crippen molar-refractivity contribution in [3.8, 4) is 0 Å². The molecule has 7 nitrogen and oxygen atoms in total. The number of hydrogen-bond acceptors (Lipinski definition) is 4. The molecule has 108 valence electrons. The van der Waals surface area contributed by atoms with Crippen molar-refractivity contribution >= 4 is 16.7 Å². The van der Waals surface area contributed by atoms with Gasteiger partial charge in [-0.3, -0.25) is 14.3 Å². The van der Waals surface area contributed by atoms with Crippen LogP contribution in [-0.2, 0) is 7.05 Å². The number of rotatable bonds is 3. The summed E-state index contributed by atoms with van der Waals surface area (Å²) in [5.74, 6) is 0. The second-order valence-electron chi connectivity index (χ2n) is 4.98. The molecule has 3 N–H and O–H groups in total. The molecule has 0 aliphatic carbocycles. The summed E-state index contributed by atoms with van der Waals surface area (Å²) in [5.41, 5.74) is 1.79. The first-order valence-corrected chi connectivity index (χ1v) is 6.54. The van der Waals surface area contributed by atoms with Gasteiger partial charge in [0, 0.05) is 24.5 Å². The number of benzene rings is 1. The van der Waals surface area contributed by atoms with Gasteiger partial charge in [-0.1, -0.05) is 0 Å². The van der Waals surface area contributed by atoms with Crippen LogP contribution >= 0.6 is 0 Å². The summed E-state index contributed by atoms with van der Waals surface area (Å²) >= 11 is 0. The van der Waals surface area contributed by atoms with E-state index >= 15 is 0 Å².